The molecule has 0 N–H and O–H groups in total. The van der Waals surface area contributed by atoms with Crippen molar-refractivity contribution >= 4 is 28.3 Å². The summed E-state index contributed by atoms with van der Waals surface area (Å²) in [6, 6.07) is 11.2. The zero-order valence-electron chi connectivity index (χ0n) is 14.0. The summed E-state index contributed by atoms with van der Waals surface area (Å²) in [6.45, 7) is 0. The summed E-state index contributed by atoms with van der Waals surface area (Å²) in [5, 5.41) is 1.58. The van der Waals surface area contributed by atoms with E-state index in [0.717, 1.165) is 22.3 Å². The SMILES string of the molecule is COc1cc2nc(-c3ccc(Cl)cc3)nc(N(C)C)c2cc1OC. The van der Waals surface area contributed by atoms with Gasteiger partial charge in [0.05, 0.1) is 19.7 Å². The molecule has 0 amide bonds. The van der Waals surface area contributed by atoms with Crippen LogP contribution in [0.1, 0.15) is 0 Å². The maximum Gasteiger partial charge on any atom is 0.162 e. The molecule has 6 heteroatoms. The Kier molecular flexibility index (Phi) is 4.44. The average molecular weight is 344 g/mol. The van der Waals surface area contributed by atoms with Gasteiger partial charge in [0.2, 0.25) is 0 Å². The minimum Gasteiger partial charge on any atom is -0.493 e. The van der Waals surface area contributed by atoms with Crippen LogP contribution in [0.25, 0.3) is 22.3 Å². The normalized spacial score (nSPS) is 10.7. The number of rotatable bonds is 4. The summed E-state index contributed by atoms with van der Waals surface area (Å²) >= 11 is 5.97. The molecule has 3 rings (SSSR count). The first kappa shape index (κ1) is 16.3. The van der Waals surface area contributed by atoms with Crippen LogP contribution in [0.5, 0.6) is 11.5 Å². The molecule has 0 atom stereocenters. The van der Waals surface area contributed by atoms with Crippen molar-refractivity contribution in [1.29, 1.82) is 0 Å². The number of methoxy groups -OCH3 is 2. The molecule has 0 spiro atoms. The Bertz CT molecular complexity index is 880. The number of nitrogens with zero attached hydrogens (tertiary/aromatic N) is 3. The van der Waals surface area contributed by atoms with Crippen molar-refractivity contribution in [3.8, 4) is 22.9 Å². The van der Waals surface area contributed by atoms with Gasteiger partial charge in [0.25, 0.3) is 0 Å². The van der Waals surface area contributed by atoms with Crippen LogP contribution in [0, 0.1) is 0 Å². The van der Waals surface area contributed by atoms with E-state index in [1.807, 2.05) is 55.4 Å². The second kappa shape index (κ2) is 6.53. The number of anilines is 1. The van der Waals surface area contributed by atoms with Crippen molar-refractivity contribution in [2.24, 2.45) is 0 Å². The highest BCUT2D eigenvalue weighted by molar-refractivity contribution is 6.30. The van der Waals surface area contributed by atoms with Gasteiger partial charge >= 0.3 is 0 Å². The van der Waals surface area contributed by atoms with Crippen LogP contribution in [0.4, 0.5) is 5.82 Å². The molecule has 5 nitrogen and oxygen atoms in total. The Balaban J connectivity index is 2.28. The summed E-state index contributed by atoms with van der Waals surface area (Å²) in [4.78, 5) is 11.3. The Morgan fingerprint density at radius 1 is 0.917 bits per heavy atom. The molecule has 0 unspecified atom stereocenters. The van der Waals surface area contributed by atoms with Gasteiger partial charge in [0, 0.05) is 36.1 Å². The summed E-state index contributed by atoms with van der Waals surface area (Å²) in [7, 11) is 7.12. The average Bonchev–Trinajstić information content (AvgIpc) is 2.59. The Morgan fingerprint density at radius 3 is 2.12 bits per heavy atom. The van der Waals surface area contributed by atoms with Crippen LogP contribution in [0.2, 0.25) is 5.02 Å². The van der Waals surface area contributed by atoms with Crippen LogP contribution in [-0.4, -0.2) is 38.3 Å². The van der Waals surface area contributed by atoms with E-state index >= 15 is 0 Å². The summed E-state index contributed by atoms with van der Waals surface area (Å²) in [6.07, 6.45) is 0. The van der Waals surface area contributed by atoms with Crippen LogP contribution >= 0.6 is 11.6 Å². The number of fused-ring (bicyclic) bond motifs is 1. The van der Waals surface area contributed by atoms with Gasteiger partial charge in [-0.2, -0.15) is 0 Å². The van der Waals surface area contributed by atoms with E-state index in [4.69, 9.17) is 26.1 Å². The third-order valence-electron chi connectivity index (χ3n) is 3.71. The van der Waals surface area contributed by atoms with E-state index in [1.165, 1.54) is 0 Å². The third kappa shape index (κ3) is 2.95. The lowest BCUT2D eigenvalue weighted by Gasteiger charge is -2.17. The number of aromatic nitrogens is 2. The minimum absolute atomic E-state index is 0.634. The Morgan fingerprint density at radius 2 is 1.54 bits per heavy atom. The molecule has 124 valence electrons. The summed E-state index contributed by atoms with van der Waals surface area (Å²) in [5.74, 6) is 2.73. The number of halogens is 1. The number of ether oxygens (including phenoxy) is 2. The van der Waals surface area contributed by atoms with Crippen molar-refractivity contribution in [2.75, 3.05) is 33.2 Å². The van der Waals surface area contributed by atoms with E-state index in [2.05, 4.69) is 4.98 Å². The van der Waals surface area contributed by atoms with Gasteiger partial charge in [-0.1, -0.05) is 11.6 Å². The molecule has 0 fully saturated rings. The van der Waals surface area contributed by atoms with Gasteiger partial charge in [-0.15, -0.1) is 0 Å². The van der Waals surface area contributed by atoms with Gasteiger partial charge in [0.15, 0.2) is 17.3 Å². The molecule has 1 heterocycles. The number of benzene rings is 2. The van der Waals surface area contributed by atoms with Crippen LogP contribution in [0.3, 0.4) is 0 Å². The Hall–Kier alpha value is -2.53. The quantitative estimate of drug-likeness (QED) is 0.715. The van der Waals surface area contributed by atoms with Gasteiger partial charge < -0.3 is 14.4 Å². The topological polar surface area (TPSA) is 47.5 Å². The van der Waals surface area contributed by atoms with Gasteiger partial charge in [-0.05, 0) is 30.3 Å². The summed E-state index contributed by atoms with van der Waals surface area (Å²) < 4.78 is 10.8. The molecule has 0 aliphatic heterocycles. The van der Waals surface area contributed by atoms with Crippen LogP contribution < -0.4 is 14.4 Å². The predicted octanol–water partition coefficient (Wildman–Crippen LogP) is 4.03. The van der Waals surface area contributed by atoms with E-state index in [1.54, 1.807) is 14.2 Å². The largest absolute Gasteiger partial charge is 0.493 e. The minimum atomic E-state index is 0.634. The van der Waals surface area contributed by atoms with E-state index < -0.39 is 0 Å². The molecule has 0 radical (unpaired) electrons. The second-order valence-corrected chi connectivity index (χ2v) is 5.93. The molecule has 0 aliphatic rings. The molecular formula is C18H18ClN3O2. The molecular weight excluding hydrogens is 326 g/mol. The lowest BCUT2D eigenvalue weighted by molar-refractivity contribution is 0.356. The zero-order chi connectivity index (χ0) is 17.3. The first-order valence-electron chi connectivity index (χ1n) is 7.40. The van der Waals surface area contributed by atoms with Crippen molar-refractivity contribution in [1.82, 2.24) is 9.97 Å². The fourth-order valence-corrected chi connectivity index (χ4v) is 2.63. The van der Waals surface area contributed by atoms with Crippen molar-refractivity contribution in [3.63, 3.8) is 0 Å². The highest BCUT2D eigenvalue weighted by atomic mass is 35.5. The lowest BCUT2D eigenvalue weighted by Crippen LogP contribution is -2.12. The van der Waals surface area contributed by atoms with Gasteiger partial charge in [0.1, 0.15) is 5.82 Å². The van der Waals surface area contributed by atoms with Gasteiger partial charge in [-0.3, -0.25) is 0 Å². The highest BCUT2D eigenvalue weighted by Crippen LogP contribution is 2.35. The van der Waals surface area contributed by atoms with Crippen LogP contribution in [-0.2, 0) is 0 Å². The fourth-order valence-electron chi connectivity index (χ4n) is 2.51. The monoisotopic (exact) mass is 343 g/mol. The van der Waals surface area contributed by atoms with Crippen molar-refractivity contribution in [2.45, 2.75) is 0 Å². The molecule has 0 saturated carbocycles. The predicted molar refractivity (Wildman–Crippen MR) is 97.4 cm³/mol. The molecule has 24 heavy (non-hydrogen) atoms. The first-order valence-corrected chi connectivity index (χ1v) is 7.78. The molecule has 2 aromatic carbocycles. The molecule has 3 aromatic rings. The smallest absolute Gasteiger partial charge is 0.162 e. The van der Waals surface area contributed by atoms with E-state index in [0.29, 0.717) is 22.3 Å². The first-order chi connectivity index (χ1) is 11.5. The number of hydrogen-bond acceptors (Lipinski definition) is 5. The highest BCUT2D eigenvalue weighted by Gasteiger charge is 2.15. The standard InChI is InChI=1S/C18H18ClN3O2/c1-22(2)18-13-9-15(23-3)16(24-4)10-14(13)20-17(21-18)11-5-7-12(19)8-6-11/h5-10H,1-4H3. The Labute approximate surface area is 145 Å². The van der Waals surface area contributed by atoms with Crippen molar-refractivity contribution < 1.29 is 9.47 Å². The summed E-state index contributed by atoms with van der Waals surface area (Å²) in [5.41, 5.74) is 1.69. The molecule has 0 aliphatic carbocycles. The van der Waals surface area contributed by atoms with Crippen molar-refractivity contribution in [3.05, 3.63) is 41.4 Å². The maximum atomic E-state index is 5.97. The molecule has 1 aromatic heterocycles. The van der Waals surface area contributed by atoms with E-state index in [-0.39, 0.29) is 0 Å². The molecule has 0 saturated heterocycles. The second-order valence-electron chi connectivity index (χ2n) is 5.50. The van der Waals surface area contributed by atoms with E-state index in [9.17, 15) is 0 Å². The van der Waals surface area contributed by atoms with Gasteiger partial charge in [-0.25, -0.2) is 9.97 Å². The lowest BCUT2D eigenvalue weighted by atomic mass is 10.1. The maximum absolute atomic E-state index is 5.97. The zero-order valence-corrected chi connectivity index (χ0v) is 14.8. The fraction of sp³-hybridized carbons (Fsp3) is 0.222. The van der Waals surface area contributed by atoms with Crippen LogP contribution in [0.15, 0.2) is 36.4 Å². The molecule has 0 bridgehead atoms. The number of hydrogen-bond donors (Lipinski definition) is 0. The third-order valence-corrected chi connectivity index (χ3v) is 3.96.